The fourth-order valence-electron chi connectivity index (χ4n) is 1.55. The Morgan fingerprint density at radius 2 is 2.17 bits per heavy atom. The van der Waals surface area contributed by atoms with Gasteiger partial charge in [0.1, 0.15) is 5.82 Å². The lowest BCUT2D eigenvalue weighted by Gasteiger charge is -2.05. The molecule has 6 heteroatoms. The zero-order chi connectivity index (χ0) is 13.3. The van der Waals surface area contributed by atoms with Crippen molar-refractivity contribution in [2.24, 2.45) is 0 Å². The van der Waals surface area contributed by atoms with Crippen LogP contribution in [0.3, 0.4) is 0 Å². The third-order valence-electron chi connectivity index (χ3n) is 2.35. The monoisotopic (exact) mass is 249 g/mol. The molecule has 18 heavy (non-hydrogen) atoms. The Kier molecular flexibility index (Phi) is 3.01. The highest BCUT2D eigenvalue weighted by molar-refractivity contribution is 6.03. The van der Waals surface area contributed by atoms with Gasteiger partial charge in [-0.3, -0.25) is 4.79 Å². The van der Waals surface area contributed by atoms with Crippen molar-refractivity contribution in [3.63, 3.8) is 0 Å². The van der Waals surface area contributed by atoms with Crippen LogP contribution in [0.2, 0.25) is 0 Å². The van der Waals surface area contributed by atoms with Crippen LogP contribution in [0.1, 0.15) is 22.1 Å². The summed E-state index contributed by atoms with van der Waals surface area (Å²) in [5, 5.41) is 2.40. The number of nitrogens with one attached hydrogen (secondary N) is 1. The van der Waals surface area contributed by atoms with E-state index >= 15 is 0 Å². The molecule has 5 nitrogen and oxygen atoms in total. The highest BCUT2D eigenvalue weighted by Crippen LogP contribution is 2.18. The Bertz CT molecular complexity index is 607. The van der Waals surface area contributed by atoms with Crippen LogP contribution in [0, 0.1) is 19.7 Å². The van der Waals surface area contributed by atoms with Gasteiger partial charge in [0.25, 0.3) is 5.91 Å². The number of benzene rings is 1. The number of nitrogens with zero attached hydrogens (tertiary/aromatic N) is 1. The summed E-state index contributed by atoms with van der Waals surface area (Å²) in [5.74, 6) is -0.687. The van der Waals surface area contributed by atoms with Crippen molar-refractivity contribution in [1.82, 2.24) is 4.98 Å². The van der Waals surface area contributed by atoms with Crippen molar-refractivity contribution >= 4 is 17.3 Å². The lowest BCUT2D eigenvalue weighted by Crippen LogP contribution is -2.13. The number of amides is 1. The number of aryl methyl sites for hydroxylation is 2. The van der Waals surface area contributed by atoms with Crippen LogP contribution in [0.5, 0.6) is 0 Å². The van der Waals surface area contributed by atoms with E-state index in [0.29, 0.717) is 11.6 Å². The van der Waals surface area contributed by atoms with Gasteiger partial charge in [0.05, 0.1) is 11.4 Å². The maximum Gasteiger partial charge on any atom is 0.293 e. The summed E-state index contributed by atoms with van der Waals surface area (Å²) in [4.78, 5) is 15.8. The number of halogens is 1. The molecule has 1 aromatic carbocycles. The van der Waals surface area contributed by atoms with Gasteiger partial charge in [-0.05, 0) is 25.1 Å². The summed E-state index contributed by atoms with van der Waals surface area (Å²) in [5.41, 5.74) is 6.21. The number of carbonyl (C=O) groups excluding carboxylic acids is 1. The van der Waals surface area contributed by atoms with Crippen LogP contribution in [-0.4, -0.2) is 10.9 Å². The minimum absolute atomic E-state index is 0.0441. The lowest BCUT2D eigenvalue weighted by molar-refractivity contribution is 0.0994. The Hall–Kier alpha value is -2.37. The van der Waals surface area contributed by atoms with E-state index in [1.165, 1.54) is 12.1 Å². The number of hydrogen-bond donors (Lipinski definition) is 2. The first-order valence-electron chi connectivity index (χ1n) is 5.28. The molecular formula is C12H12FN3O2. The van der Waals surface area contributed by atoms with Crippen LogP contribution in [0.25, 0.3) is 0 Å². The first-order valence-corrected chi connectivity index (χ1v) is 5.28. The van der Waals surface area contributed by atoms with Crippen LogP contribution in [0.15, 0.2) is 22.6 Å². The van der Waals surface area contributed by atoms with Gasteiger partial charge in [0, 0.05) is 12.6 Å². The highest BCUT2D eigenvalue weighted by atomic mass is 19.1. The van der Waals surface area contributed by atoms with Crippen LogP contribution in [-0.2, 0) is 0 Å². The van der Waals surface area contributed by atoms with E-state index < -0.39 is 11.7 Å². The van der Waals surface area contributed by atoms with Crippen molar-refractivity contribution in [2.75, 3.05) is 11.1 Å². The van der Waals surface area contributed by atoms with Crippen molar-refractivity contribution in [1.29, 1.82) is 0 Å². The molecule has 2 aromatic rings. The number of anilines is 2. The average Bonchev–Trinajstić information content (AvgIpc) is 2.62. The lowest BCUT2D eigenvalue weighted by atomic mass is 10.2. The molecule has 1 heterocycles. The van der Waals surface area contributed by atoms with Gasteiger partial charge in [-0.2, -0.15) is 0 Å². The molecule has 0 spiro atoms. The summed E-state index contributed by atoms with van der Waals surface area (Å²) < 4.78 is 18.6. The van der Waals surface area contributed by atoms with Gasteiger partial charge in [0.2, 0.25) is 5.76 Å². The SMILES string of the molecule is Cc1nc(C)c(C(=O)Nc2ccc(N)cc2F)o1. The molecule has 0 bridgehead atoms. The summed E-state index contributed by atoms with van der Waals surface area (Å²) in [6.45, 7) is 3.28. The molecule has 94 valence electrons. The summed E-state index contributed by atoms with van der Waals surface area (Å²) >= 11 is 0. The summed E-state index contributed by atoms with van der Waals surface area (Å²) in [6.07, 6.45) is 0. The van der Waals surface area contributed by atoms with Gasteiger partial charge in [0.15, 0.2) is 5.89 Å². The third-order valence-corrected chi connectivity index (χ3v) is 2.35. The molecule has 3 N–H and O–H groups in total. The average molecular weight is 249 g/mol. The normalized spacial score (nSPS) is 10.4. The Balaban J connectivity index is 2.24. The molecule has 0 saturated heterocycles. The van der Waals surface area contributed by atoms with Crippen molar-refractivity contribution in [3.05, 3.63) is 41.4 Å². The molecule has 0 aliphatic heterocycles. The minimum atomic E-state index is -0.600. The highest BCUT2D eigenvalue weighted by Gasteiger charge is 2.17. The number of aromatic nitrogens is 1. The smallest absolute Gasteiger partial charge is 0.293 e. The Morgan fingerprint density at radius 3 is 2.72 bits per heavy atom. The summed E-state index contributed by atoms with van der Waals surface area (Å²) in [6, 6.07) is 4.02. The third kappa shape index (κ3) is 2.32. The molecule has 0 unspecified atom stereocenters. The largest absolute Gasteiger partial charge is 0.436 e. The van der Waals surface area contributed by atoms with E-state index in [1.54, 1.807) is 13.8 Å². The van der Waals surface area contributed by atoms with Gasteiger partial charge in [-0.25, -0.2) is 9.37 Å². The van der Waals surface area contributed by atoms with E-state index in [2.05, 4.69) is 10.3 Å². The molecule has 0 aliphatic rings. The quantitative estimate of drug-likeness (QED) is 0.800. The van der Waals surface area contributed by atoms with Crippen molar-refractivity contribution < 1.29 is 13.6 Å². The molecule has 0 aliphatic carbocycles. The van der Waals surface area contributed by atoms with E-state index in [0.717, 1.165) is 6.07 Å². The predicted molar refractivity (Wildman–Crippen MR) is 64.7 cm³/mol. The van der Waals surface area contributed by atoms with Crippen LogP contribution >= 0.6 is 0 Å². The fourth-order valence-corrected chi connectivity index (χ4v) is 1.55. The molecular weight excluding hydrogens is 237 g/mol. The predicted octanol–water partition coefficient (Wildman–Crippen LogP) is 2.27. The maximum atomic E-state index is 13.5. The number of carbonyl (C=O) groups is 1. The van der Waals surface area contributed by atoms with Crippen molar-refractivity contribution in [3.8, 4) is 0 Å². The molecule has 0 radical (unpaired) electrons. The molecule has 1 amide bonds. The van der Waals surface area contributed by atoms with Gasteiger partial charge in [-0.1, -0.05) is 0 Å². The topological polar surface area (TPSA) is 81.2 Å². The fraction of sp³-hybridized carbons (Fsp3) is 0.167. The molecule has 1 aromatic heterocycles. The van der Waals surface area contributed by atoms with Gasteiger partial charge < -0.3 is 15.5 Å². The molecule has 0 fully saturated rings. The molecule has 2 rings (SSSR count). The van der Waals surface area contributed by atoms with E-state index in [4.69, 9.17) is 10.2 Å². The van der Waals surface area contributed by atoms with E-state index in [-0.39, 0.29) is 17.1 Å². The second-order valence-electron chi connectivity index (χ2n) is 3.84. The first kappa shape index (κ1) is 12.1. The maximum absolute atomic E-state index is 13.5. The number of oxazole rings is 1. The zero-order valence-corrected chi connectivity index (χ0v) is 9.95. The van der Waals surface area contributed by atoms with Gasteiger partial charge in [-0.15, -0.1) is 0 Å². The number of nitrogen functional groups attached to an aromatic ring is 1. The van der Waals surface area contributed by atoms with E-state index in [1.807, 2.05) is 0 Å². The Labute approximate surface area is 103 Å². The second kappa shape index (κ2) is 4.48. The molecule has 0 saturated carbocycles. The standard InChI is InChI=1S/C12H12FN3O2/c1-6-11(18-7(2)15-6)12(17)16-10-4-3-8(14)5-9(10)13/h3-5H,14H2,1-2H3,(H,16,17). The summed E-state index contributed by atoms with van der Waals surface area (Å²) in [7, 11) is 0. The number of nitrogens with two attached hydrogens (primary N) is 1. The van der Waals surface area contributed by atoms with E-state index in [9.17, 15) is 9.18 Å². The number of rotatable bonds is 2. The van der Waals surface area contributed by atoms with Crippen molar-refractivity contribution in [2.45, 2.75) is 13.8 Å². The van der Waals surface area contributed by atoms with Crippen LogP contribution in [0.4, 0.5) is 15.8 Å². The number of hydrogen-bond acceptors (Lipinski definition) is 4. The Morgan fingerprint density at radius 1 is 1.44 bits per heavy atom. The molecule has 0 atom stereocenters. The zero-order valence-electron chi connectivity index (χ0n) is 9.95. The first-order chi connectivity index (χ1) is 8.47. The minimum Gasteiger partial charge on any atom is -0.436 e. The second-order valence-corrected chi connectivity index (χ2v) is 3.84. The van der Waals surface area contributed by atoms with Crippen LogP contribution < -0.4 is 11.1 Å². The van der Waals surface area contributed by atoms with Gasteiger partial charge >= 0.3 is 0 Å².